The highest BCUT2D eigenvalue weighted by Crippen LogP contribution is 2.13. The monoisotopic (exact) mass is 399 g/mol. The maximum atomic E-state index is 13.4. The van der Waals surface area contributed by atoms with Crippen molar-refractivity contribution in [3.05, 3.63) is 65.5 Å². The summed E-state index contributed by atoms with van der Waals surface area (Å²) in [5.74, 6) is -0.484. The molecule has 2 amide bonds. The third-order valence-electron chi connectivity index (χ3n) is 4.66. The molecule has 2 aromatic carbocycles. The fraction of sp³-hybridized carbons (Fsp3) is 0.364. The predicted octanol–water partition coefficient (Wildman–Crippen LogP) is 2.34. The molecule has 0 radical (unpaired) electrons. The van der Waals surface area contributed by atoms with Gasteiger partial charge in [-0.1, -0.05) is 24.3 Å². The quantitative estimate of drug-likeness (QED) is 0.750. The fourth-order valence-electron chi connectivity index (χ4n) is 3.38. The normalized spacial score (nSPS) is 17.0. The van der Waals surface area contributed by atoms with Crippen molar-refractivity contribution in [2.75, 3.05) is 31.6 Å². The molecule has 1 heterocycles. The van der Waals surface area contributed by atoms with Crippen molar-refractivity contribution in [2.45, 2.75) is 26.0 Å². The number of nitrogens with zero attached hydrogens (tertiary/aromatic N) is 1. The lowest BCUT2D eigenvalue weighted by Gasteiger charge is -2.33. The van der Waals surface area contributed by atoms with Gasteiger partial charge in [0.05, 0.1) is 19.1 Å². The third kappa shape index (κ3) is 6.96. The van der Waals surface area contributed by atoms with E-state index in [0.717, 1.165) is 17.7 Å². The number of hydrogen-bond donors (Lipinski definition) is 2. The van der Waals surface area contributed by atoms with Gasteiger partial charge in [0.1, 0.15) is 5.82 Å². The van der Waals surface area contributed by atoms with Crippen molar-refractivity contribution in [1.82, 2.24) is 10.2 Å². The standard InChI is InChI=1S/C22H26FN3O3/c1-16(27)25-20-7-3-4-17(11-20)12-22(28)24-13-21-15-26(8-9-29-21)14-18-5-2-6-19(23)10-18/h2-7,10-11,21H,8-9,12-15H2,1H3,(H,24,28)(H,25,27). The molecule has 7 heteroatoms. The molecule has 1 unspecified atom stereocenters. The van der Waals surface area contributed by atoms with Crippen LogP contribution in [0.1, 0.15) is 18.1 Å². The van der Waals surface area contributed by atoms with Gasteiger partial charge in [0.25, 0.3) is 0 Å². The van der Waals surface area contributed by atoms with Crippen LogP contribution in [0.2, 0.25) is 0 Å². The number of morpholine rings is 1. The van der Waals surface area contributed by atoms with E-state index in [4.69, 9.17) is 4.74 Å². The number of carbonyl (C=O) groups excluding carboxylic acids is 2. The van der Waals surface area contributed by atoms with Crippen LogP contribution in [0.25, 0.3) is 0 Å². The second-order valence-corrected chi connectivity index (χ2v) is 7.22. The number of ether oxygens (including phenoxy) is 1. The molecule has 2 N–H and O–H groups in total. The number of carbonyl (C=O) groups is 2. The third-order valence-corrected chi connectivity index (χ3v) is 4.66. The van der Waals surface area contributed by atoms with Crippen molar-refractivity contribution in [2.24, 2.45) is 0 Å². The first kappa shape index (κ1) is 21.0. The van der Waals surface area contributed by atoms with Crippen molar-refractivity contribution in [3.63, 3.8) is 0 Å². The van der Waals surface area contributed by atoms with E-state index in [0.29, 0.717) is 31.9 Å². The Labute approximate surface area is 170 Å². The van der Waals surface area contributed by atoms with Gasteiger partial charge in [-0.15, -0.1) is 0 Å². The smallest absolute Gasteiger partial charge is 0.224 e. The Morgan fingerprint density at radius 3 is 2.76 bits per heavy atom. The number of anilines is 1. The molecule has 1 aliphatic rings. The molecule has 2 aromatic rings. The Hall–Kier alpha value is -2.77. The topological polar surface area (TPSA) is 70.7 Å². The number of rotatable bonds is 7. The van der Waals surface area contributed by atoms with Crippen molar-refractivity contribution >= 4 is 17.5 Å². The minimum atomic E-state index is -0.234. The van der Waals surface area contributed by atoms with Gasteiger partial charge in [0.15, 0.2) is 0 Å². The first-order chi connectivity index (χ1) is 14.0. The van der Waals surface area contributed by atoms with Gasteiger partial charge in [0.2, 0.25) is 11.8 Å². The molecule has 154 valence electrons. The summed E-state index contributed by atoms with van der Waals surface area (Å²) in [4.78, 5) is 25.6. The summed E-state index contributed by atoms with van der Waals surface area (Å²) < 4.78 is 19.1. The first-order valence-corrected chi connectivity index (χ1v) is 9.69. The molecule has 29 heavy (non-hydrogen) atoms. The Bertz CT molecular complexity index is 859. The van der Waals surface area contributed by atoms with Crippen molar-refractivity contribution in [3.8, 4) is 0 Å². The summed E-state index contributed by atoms with van der Waals surface area (Å²) in [5, 5.41) is 5.63. The van der Waals surface area contributed by atoms with Gasteiger partial charge in [-0.05, 0) is 35.4 Å². The maximum absolute atomic E-state index is 13.4. The van der Waals surface area contributed by atoms with Crippen LogP contribution in [0.5, 0.6) is 0 Å². The van der Waals surface area contributed by atoms with E-state index in [-0.39, 0.29) is 30.2 Å². The van der Waals surface area contributed by atoms with Gasteiger partial charge in [0, 0.05) is 38.8 Å². The summed E-state index contributed by atoms with van der Waals surface area (Å²) in [6.45, 7) is 4.55. The van der Waals surface area contributed by atoms with Crippen LogP contribution < -0.4 is 10.6 Å². The van der Waals surface area contributed by atoms with Crippen LogP contribution in [0.15, 0.2) is 48.5 Å². The Kier molecular flexibility index (Phi) is 7.32. The van der Waals surface area contributed by atoms with Gasteiger partial charge in [-0.25, -0.2) is 4.39 Å². The van der Waals surface area contributed by atoms with Crippen LogP contribution in [0.4, 0.5) is 10.1 Å². The summed E-state index contributed by atoms with van der Waals surface area (Å²) in [7, 11) is 0. The zero-order valence-electron chi connectivity index (χ0n) is 16.5. The summed E-state index contributed by atoms with van der Waals surface area (Å²) in [5.41, 5.74) is 2.42. The van der Waals surface area contributed by atoms with Gasteiger partial charge in [-0.3, -0.25) is 14.5 Å². The molecule has 0 spiro atoms. The highest BCUT2D eigenvalue weighted by molar-refractivity contribution is 5.89. The fourth-order valence-corrected chi connectivity index (χ4v) is 3.38. The Morgan fingerprint density at radius 1 is 1.17 bits per heavy atom. The van der Waals surface area contributed by atoms with Gasteiger partial charge >= 0.3 is 0 Å². The maximum Gasteiger partial charge on any atom is 0.224 e. The molecule has 0 aromatic heterocycles. The Morgan fingerprint density at radius 2 is 1.97 bits per heavy atom. The first-order valence-electron chi connectivity index (χ1n) is 9.69. The number of amides is 2. The molecule has 1 aliphatic heterocycles. The molecule has 1 fully saturated rings. The highest BCUT2D eigenvalue weighted by Gasteiger charge is 2.21. The van der Waals surface area contributed by atoms with E-state index in [2.05, 4.69) is 15.5 Å². The lowest BCUT2D eigenvalue weighted by molar-refractivity contribution is -0.121. The minimum Gasteiger partial charge on any atom is -0.374 e. The van der Waals surface area contributed by atoms with E-state index in [9.17, 15) is 14.0 Å². The van der Waals surface area contributed by atoms with E-state index in [1.54, 1.807) is 24.3 Å². The summed E-state index contributed by atoms with van der Waals surface area (Å²) in [6.07, 6.45) is 0.125. The SMILES string of the molecule is CC(=O)Nc1cccc(CC(=O)NCC2CN(Cc3cccc(F)c3)CCO2)c1. The molecule has 1 saturated heterocycles. The molecule has 6 nitrogen and oxygen atoms in total. The molecule has 1 atom stereocenters. The van der Waals surface area contributed by atoms with Crippen LogP contribution >= 0.6 is 0 Å². The van der Waals surface area contributed by atoms with Crippen molar-refractivity contribution in [1.29, 1.82) is 0 Å². The highest BCUT2D eigenvalue weighted by atomic mass is 19.1. The van der Waals surface area contributed by atoms with Crippen LogP contribution in [0.3, 0.4) is 0 Å². The molecule has 0 bridgehead atoms. The zero-order valence-corrected chi connectivity index (χ0v) is 16.5. The van der Waals surface area contributed by atoms with Gasteiger partial charge in [-0.2, -0.15) is 0 Å². The average molecular weight is 399 g/mol. The van der Waals surface area contributed by atoms with Crippen molar-refractivity contribution < 1.29 is 18.7 Å². The lowest BCUT2D eigenvalue weighted by atomic mass is 10.1. The average Bonchev–Trinajstić information content (AvgIpc) is 2.66. The Balaban J connectivity index is 1.45. The number of nitrogens with one attached hydrogen (secondary N) is 2. The lowest BCUT2D eigenvalue weighted by Crippen LogP contribution is -2.47. The second-order valence-electron chi connectivity index (χ2n) is 7.22. The van der Waals surface area contributed by atoms with Crippen LogP contribution in [-0.2, 0) is 27.3 Å². The molecule has 0 saturated carbocycles. The van der Waals surface area contributed by atoms with Crippen LogP contribution in [0, 0.1) is 5.82 Å². The van der Waals surface area contributed by atoms with E-state index >= 15 is 0 Å². The number of benzene rings is 2. The zero-order chi connectivity index (χ0) is 20.6. The van der Waals surface area contributed by atoms with E-state index in [1.165, 1.54) is 13.0 Å². The minimum absolute atomic E-state index is 0.101. The van der Waals surface area contributed by atoms with E-state index < -0.39 is 0 Å². The molecular weight excluding hydrogens is 373 g/mol. The van der Waals surface area contributed by atoms with E-state index in [1.807, 2.05) is 18.2 Å². The number of halogens is 1. The predicted molar refractivity (Wildman–Crippen MR) is 109 cm³/mol. The second kappa shape index (κ2) is 10.1. The summed E-state index contributed by atoms with van der Waals surface area (Å²) in [6, 6.07) is 13.8. The molecule has 0 aliphatic carbocycles. The molecular formula is C22H26FN3O3. The molecule has 3 rings (SSSR count). The largest absolute Gasteiger partial charge is 0.374 e. The number of hydrogen-bond acceptors (Lipinski definition) is 4. The van der Waals surface area contributed by atoms with Gasteiger partial charge < -0.3 is 15.4 Å². The summed E-state index contributed by atoms with van der Waals surface area (Å²) >= 11 is 0. The van der Waals surface area contributed by atoms with Crippen LogP contribution in [-0.4, -0.2) is 49.1 Å².